The molecule has 2 aliphatic rings. The van der Waals surface area contributed by atoms with Gasteiger partial charge in [0.25, 0.3) is 0 Å². The molecule has 1 aromatic rings. The fraction of sp³-hybridized carbons (Fsp3) is 0.417. The van der Waals surface area contributed by atoms with Crippen LogP contribution in [0.25, 0.3) is 10.4 Å². The lowest BCUT2D eigenvalue weighted by atomic mass is 9.92. The molecule has 92 valence electrons. The lowest BCUT2D eigenvalue weighted by Gasteiger charge is -2.14. The van der Waals surface area contributed by atoms with E-state index in [-0.39, 0.29) is 17.8 Å². The van der Waals surface area contributed by atoms with Crippen LogP contribution >= 0.6 is 11.6 Å². The van der Waals surface area contributed by atoms with E-state index in [0.29, 0.717) is 18.2 Å². The smallest absolute Gasteiger partial charge is 0.317 e. The fourth-order valence-corrected chi connectivity index (χ4v) is 3.37. The van der Waals surface area contributed by atoms with Gasteiger partial charge >= 0.3 is 5.97 Å². The maximum atomic E-state index is 12.0. The first-order valence-corrected chi connectivity index (χ1v) is 6.03. The summed E-state index contributed by atoms with van der Waals surface area (Å²) in [5, 5.41) is 4.14. The number of ether oxygens (including phenoxy) is 1. The maximum absolute atomic E-state index is 12.0. The van der Waals surface area contributed by atoms with E-state index in [1.54, 1.807) is 6.07 Å². The first kappa shape index (κ1) is 11.4. The number of benzene rings is 1. The monoisotopic (exact) mass is 263 g/mol. The molecule has 1 saturated heterocycles. The number of carbonyl (C=O) groups excluding carboxylic acids is 1. The van der Waals surface area contributed by atoms with Crippen molar-refractivity contribution in [2.24, 2.45) is 17.0 Å². The topological polar surface area (TPSA) is 75.1 Å². The molecule has 0 spiro atoms. The number of fused-ring (bicyclic) bond motifs is 1. The zero-order valence-electron chi connectivity index (χ0n) is 9.41. The number of nitrogens with zero attached hydrogens (tertiary/aromatic N) is 3. The van der Waals surface area contributed by atoms with E-state index in [1.165, 1.54) is 0 Å². The van der Waals surface area contributed by atoms with E-state index in [2.05, 4.69) is 10.0 Å². The maximum Gasteiger partial charge on any atom is 0.317 e. The Kier molecular flexibility index (Phi) is 2.47. The van der Waals surface area contributed by atoms with Gasteiger partial charge in [0.05, 0.1) is 6.61 Å². The Balaban J connectivity index is 2.04. The minimum atomic E-state index is -0.688. The van der Waals surface area contributed by atoms with Gasteiger partial charge in [0.1, 0.15) is 5.41 Å². The Morgan fingerprint density at radius 3 is 3.06 bits per heavy atom. The van der Waals surface area contributed by atoms with Crippen molar-refractivity contribution in [2.45, 2.75) is 5.41 Å². The van der Waals surface area contributed by atoms with E-state index in [0.717, 1.165) is 5.56 Å². The van der Waals surface area contributed by atoms with Gasteiger partial charge in [-0.3, -0.25) is 4.79 Å². The lowest BCUT2D eigenvalue weighted by Crippen LogP contribution is -2.23. The molecule has 0 radical (unpaired) electrons. The fourth-order valence-electron chi connectivity index (χ4n) is 3.08. The molecule has 1 saturated carbocycles. The molecule has 2 fully saturated rings. The molecule has 1 aliphatic heterocycles. The van der Waals surface area contributed by atoms with Crippen LogP contribution in [0.5, 0.6) is 0 Å². The number of cyclic esters (lactones) is 1. The average molecular weight is 264 g/mol. The summed E-state index contributed by atoms with van der Waals surface area (Å²) in [4.78, 5) is 14.8. The molecule has 18 heavy (non-hydrogen) atoms. The van der Waals surface area contributed by atoms with Crippen LogP contribution in [0.15, 0.2) is 29.4 Å². The average Bonchev–Trinajstić information content (AvgIpc) is 2.89. The predicted octanol–water partition coefficient (Wildman–Crippen LogP) is 2.69. The van der Waals surface area contributed by atoms with Crippen molar-refractivity contribution in [2.75, 3.05) is 13.2 Å². The van der Waals surface area contributed by atoms with Crippen LogP contribution in [0.4, 0.5) is 0 Å². The second kappa shape index (κ2) is 3.90. The number of hydrogen-bond donors (Lipinski definition) is 0. The van der Waals surface area contributed by atoms with Crippen LogP contribution in [-0.4, -0.2) is 19.1 Å². The van der Waals surface area contributed by atoms with Gasteiger partial charge < -0.3 is 4.74 Å². The summed E-state index contributed by atoms with van der Waals surface area (Å²) in [5.74, 6) is -0.163. The predicted molar refractivity (Wildman–Crippen MR) is 65.1 cm³/mol. The number of azide groups is 1. The van der Waals surface area contributed by atoms with E-state index in [1.807, 2.05) is 18.2 Å². The Labute approximate surface area is 108 Å². The van der Waals surface area contributed by atoms with Crippen molar-refractivity contribution < 1.29 is 9.53 Å². The molecule has 5 nitrogen and oxygen atoms in total. The molecule has 0 unspecified atom stereocenters. The molecule has 1 aromatic carbocycles. The molecular formula is C12H10ClN3O2. The largest absolute Gasteiger partial charge is 0.465 e. The van der Waals surface area contributed by atoms with Crippen molar-refractivity contribution in [3.05, 3.63) is 45.3 Å². The Morgan fingerprint density at radius 2 is 2.33 bits per heavy atom. The molecule has 0 N–H and O–H groups in total. The number of halogens is 1. The van der Waals surface area contributed by atoms with Crippen LogP contribution in [0.1, 0.15) is 5.56 Å². The van der Waals surface area contributed by atoms with E-state index in [9.17, 15) is 4.79 Å². The summed E-state index contributed by atoms with van der Waals surface area (Å²) in [6.07, 6.45) is 0. The molecule has 1 aliphatic carbocycles. The van der Waals surface area contributed by atoms with Gasteiger partial charge in [0.2, 0.25) is 0 Å². The highest BCUT2D eigenvalue weighted by atomic mass is 35.5. The van der Waals surface area contributed by atoms with Gasteiger partial charge in [-0.25, -0.2) is 0 Å². The third kappa shape index (κ3) is 1.29. The van der Waals surface area contributed by atoms with Crippen LogP contribution in [-0.2, 0) is 14.9 Å². The zero-order chi connectivity index (χ0) is 12.8. The molecule has 0 amide bonds. The van der Waals surface area contributed by atoms with Crippen LogP contribution < -0.4 is 0 Å². The standard InChI is InChI=1S/C12H10ClN3O2/c13-10-4-2-1-3-7(10)12-8(5-15-16-14)9(12)6-18-11(12)17/h1-4,8-9H,5-6H2/t8-,9-,12+/m1/s1. The van der Waals surface area contributed by atoms with Crippen LogP contribution in [0, 0.1) is 11.8 Å². The first-order valence-electron chi connectivity index (χ1n) is 5.66. The number of esters is 1. The van der Waals surface area contributed by atoms with Crippen molar-refractivity contribution >= 4 is 17.6 Å². The normalized spacial score (nSPS) is 32.4. The van der Waals surface area contributed by atoms with E-state index in [4.69, 9.17) is 21.9 Å². The van der Waals surface area contributed by atoms with Crippen LogP contribution in [0.2, 0.25) is 5.02 Å². The minimum absolute atomic E-state index is 0.00884. The molecule has 3 atom stereocenters. The van der Waals surface area contributed by atoms with Crippen molar-refractivity contribution in [1.29, 1.82) is 0 Å². The molecule has 0 bridgehead atoms. The van der Waals surface area contributed by atoms with Gasteiger partial charge in [0, 0.05) is 22.4 Å². The third-order valence-electron chi connectivity index (χ3n) is 3.94. The van der Waals surface area contributed by atoms with E-state index < -0.39 is 5.41 Å². The first-order chi connectivity index (χ1) is 8.72. The second-order valence-corrected chi connectivity index (χ2v) is 4.98. The third-order valence-corrected chi connectivity index (χ3v) is 4.27. The summed E-state index contributed by atoms with van der Waals surface area (Å²) in [6, 6.07) is 7.28. The summed E-state index contributed by atoms with van der Waals surface area (Å²) in [6.45, 7) is 0.692. The SMILES string of the molecule is [N-]=[N+]=NC[C@@H]1[C@H]2COC(=O)[C@@]12c1ccccc1Cl. The molecular weight excluding hydrogens is 254 g/mol. The van der Waals surface area contributed by atoms with Gasteiger partial charge in [0.15, 0.2) is 0 Å². The summed E-state index contributed by atoms with van der Waals surface area (Å²) < 4.78 is 5.11. The summed E-state index contributed by atoms with van der Waals surface area (Å²) in [5.41, 5.74) is 8.50. The van der Waals surface area contributed by atoms with Gasteiger partial charge in [-0.2, -0.15) is 0 Å². The van der Waals surface area contributed by atoms with Crippen molar-refractivity contribution in [3.8, 4) is 0 Å². The van der Waals surface area contributed by atoms with Gasteiger partial charge in [-0.1, -0.05) is 34.9 Å². The zero-order valence-corrected chi connectivity index (χ0v) is 10.2. The highest BCUT2D eigenvalue weighted by Crippen LogP contribution is 2.65. The minimum Gasteiger partial charge on any atom is -0.465 e. The van der Waals surface area contributed by atoms with Gasteiger partial charge in [-0.15, -0.1) is 0 Å². The molecule has 1 heterocycles. The highest BCUT2D eigenvalue weighted by Gasteiger charge is 2.75. The number of carbonyl (C=O) groups is 1. The van der Waals surface area contributed by atoms with Crippen molar-refractivity contribution in [3.63, 3.8) is 0 Å². The summed E-state index contributed by atoms with van der Waals surface area (Å²) >= 11 is 6.17. The highest BCUT2D eigenvalue weighted by molar-refractivity contribution is 6.32. The Bertz CT molecular complexity index is 570. The molecule has 6 heteroatoms. The second-order valence-electron chi connectivity index (χ2n) is 4.57. The van der Waals surface area contributed by atoms with E-state index >= 15 is 0 Å². The van der Waals surface area contributed by atoms with Crippen LogP contribution in [0.3, 0.4) is 0 Å². The number of rotatable bonds is 3. The summed E-state index contributed by atoms with van der Waals surface area (Å²) in [7, 11) is 0. The Morgan fingerprint density at radius 1 is 1.56 bits per heavy atom. The Hall–Kier alpha value is -1.71. The molecule has 3 rings (SSSR count). The number of hydrogen-bond acceptors (Lipinski definition) is 3. The van der Waals surface area contributed by atoms with Crippen molar-refractivity contribution in [1.82, 2.24) is 0 Å². The molecule has 0 aromatic heterocycles. The van der Waals surface area contributed by atoms with Gasteiger partial charge in [-0.05, 0) is 23.1 Å². The lowest BCUT2D eigenvalue weighted by molar-refractivity contribution is -0.143. The quantitative estimate of drug-likeness (QED) is 0.364.